The van der Waals surface area contributed by atoms with Crippen LogP contribution in [-0.4, -0.2) is 34.4 Å². The number of pyridine rings is 1. The number of aromatic amines is 1. The fourth-order valence-corrected chi connectivity index (χ4v) is 3.35. The lowest BCUT2D eigenvalue weighted by Crippen LogP contribution is -2.30. The Hall–Kier alpha value is -3.42. The molecular weight excluding hydrogens is 374 g/mol. The van der Waals surface area contributed by atoms with Gasteiger partial charge in [0.05, 0.1) is 6.42 Å². The number of aliphatic carboxylic acids is 1. The summed E-state index contributed by atoms with van der Waals surface area (Å²) >= 11 is 0. The van der Waals surface area contributed by atoms with Gasteiger partial charge in [-0.25, -0.2) is 0 Å². The minimum Gasteiger partial charge on any atom is -0.480 e. The van der Waals surface area contributed by atoms with Crippen LogP contribution in [0.4, 0.5) is 5.69 Å². The van der Waals surface area contributed by atoms with Crippen molar-refractivity contribution in [3.8, 4) is 0 Å². The molecule has 0 fully saturated rings. The van der Waals surface area contributed by atoms with E-state index in [4.69, 9.17) is 5.11 Å². The van der Waals surface area contributed by atoms with Crippen LogP contribution in [0.1, 0.15) is 46.4 Å². The van der Waals surface area contributed by atoms with Crippen LogP contribution < -0.4 is 16.2 Å². The van der Waals surface area contributed by atoms with Crippen LogP contribution in [-0.2, 0) is 28.9 Å². The van der Waals surface area contributed by atoms with Crippen molar-refractivity contribution in [2.45, 2.75) is 38.5 Å². The van der Waals surface area contributed by atoms with E-state index in [2.05, 4.69) is 15.6 Å². The second kappa shape index (κ2) is 9.18. The Morgan fingerprint density at radius 3 is 2.48 bits per heavy atom. The van der Waals surface area contributed by atoms with Gasteiger partial charge in [0.1, 0.15) is 12.1 Å². The molecule has 3 rings (SSSR count). The molecule has 1 aromatic heterocycles. The first kappa shape index (κ1) is 20.3. The van der Waals surface area contributed by atoms with Gasteiger partial charge in [0, 0.05) is 11.4 Å². The first-order valence-electron chi connectivity index (χ1n) is 9.56. The quantitative estimate of drug-likeness (QED) is 0.551. The molecule has 1 aromatic carbocycles. The number of benzene rings is 1. The molecule has 1 aliphatic carbocycles. The van der Waals surface area contributed by atoms with Crippen molar-refractivity contribution in [1.29, 1.82) is 0 Å². The number of carbonyl (C=O) groups excluding carboxylic acids is 2. The fraction of sp³-hybridized carbons (Fsp3) is 0.333. The highest BCUT2D eigenvalue weighted by atomic mass is 16.4. The Morgan fingerprint density at radius 2 is 1.76 bits per heavy atom. The summed E-state index contributed by atoms with van der Waals surface area (Å²) in [5.41, 5.74) is 2.81. The summed E-state index contributed by atoms with van der Waals surface area (Å²) in [7, 11) is 0. The maximum absolute atomic E-state index is 12.6. The van der Waals surface area contributed by atoms with Crippen LogP contribution in [0.25, 0.3) is 0 Å². The molecule has 0 radical (unpaired) electrons. The maximum Gasteiger partial charge on any atom is 0.322 e. The summed E-state index contributed by atoms with van der Waals surface area (Å²) in [5.74, 6) is -1.99. The summed E-state index contributed by atoms with van der Waals surface area (Å²) in [4.78, 5) is 49.9. The van der Waals surface area contributed by atoms with E-state index < -0.39 is 29.9 Å². The molecule has 2 aromatic rings. The lowest BCUT2D eigenvalue weighted by molar-refractivity contribution is -0.137. The third-order valence-electron chi connectivity index (χ3n) is 4.85. The molecule has 0 bridgehead atoms. The zero-order valence-electron chi connectivity index (χ0n) is 15.9. The smallest absolute Gasteiger partial charge is 0.322 e. The second-order valence-corrected chi connectivity index (χ2v) is 7.07. The molecular formula is C21H23N3O5. The molecule has 0 unspecified atom stereocenters. The summed E-state index contributed by atoms with van der Waals surface area (Å²) in [5, 5.41) is 13.6. The standard InChI is InChI=1S/C21H23N3O5/c25-18(22-12-19(26)27)10-13-6-8-15(9-7-13)23-20(28)16-11-14-4-2-1-3-5-17(14)24-21(16)29/h6-9,11H,1-5,10,12H2,(H,22,25)(H,23,28)(H,24,29)(H,26,27). The van der Waals surface area contributed by atoms with E-state index in [1.807, 2.05) is 0 Å². The predicted octanol–water partition coefficient (Wildman–Crippen LogP) is 1.64. The Bertz CT molecular complexity index is 979. The average Bonchev–Trinajstić information content (AvgIpc) is 2.92. The highest BCUT2D eigenvalue weighted by molar-refractivity contribution is 6.04. The Morgan fingerprint density at radius 1 is 1.03 bits per heavy atom. The molecule has 0 spiro atoms. The second-order valence-electron chi connectivity index (χ2n) is 7.07. The van der Waals surface area contributed by atoms with Crippen molar-refractivity contribution in [1.82, 2.24) is 10.3 Å². The minimum atomic E-state index is -1.11. The van der Waals surface area contributed by atoms with Gasteiger partial charge < -0.3 is 20.7 Å². The number of nitrogens with one attached hydrogen (secondary N) is 3. The van der Waals surface area contributed by atoms with E-state index in [0.717, 1.165) is 43.4 Å². The number of carboxylic acids is 1. The number of carbonyl (C=O) groups is 3. The minimum absolute atomic E-state index is 0.0337. The van der Waals surface area contributed by atoms with Crippen molar-refractivity contribution in [3.63, 3.8) is 0 Å². The summed E-state index contributed by atoms with van der Waals surface area (Å²) in [6.45, 7) is -0.428. The van der Waals surface area contributed by atoms with Gasteiger partial charge in [-0.05, 0) is 55.0 Å². The first-order valence-corrected chi connectivity index (χ1v) is 9.56. The Balaban J connectivity index is 1.65. The van der Waals surface area contributed by atoms with E-state index in [0.29, 0.717) is 11.3 Å². The third kappa shape index (κ3) is 5.54. The highest BCUT2D eigenvalue weighted by Gasteiger charge is 2.16. The number of rotatable bonds is 6. The van der Waals surface area contributed by atoms with Gasteiger partial charge in [0.15, 0.2) is 0 Å². The molecule has 29 heavy (non-hydrogen) atoms. The zero-order chi connectivity index (χ0) is 20.8. The zero-order valence-corrected chi connectivity index (χ0v) is 15.9. The fourth-order valence-electron chi connectivity index (χ4n) is 3.35. The largest absolute Gasteiger partial charge is 0.480 e. The number of fused-ring (bicyclic) bond motifs is 1. The molecule has 4 N–H and O–H groups in total. The van der Waals surface area contributed by atoms with E-state index in [1.165, 1.54) is 0 Å². The number of H-pyrrole nitrogens is 1. The van der Waals surface area contributed by atoms with Gasteiger partial charge in [0.2, 0.25) is 5.91 Å². The third-order valence-corrected chi connectivity index (χ3v) is 4.85. The van der Waals surface area contributed by atoms with Gasteiger partial charge in [-0.1, -0.05) is 18.6 Å². The molecule has 8 nitrogen and oxygen atoms in total. The number of hydrogen-bond donors (Lipinski definition) is 4. The molecule has 152 valence electrons. The van der Waals surface area contributed by atoms with E-state index in [1.54, 1.807) is 30.3 Å². The number of carboxylic acid groups (broad SMARTS) is 1. The normalized spacial score (nSPS) is 13.1. The molecule has 1 aliphatic rings. The van der Waals surface area contributed by atoms with Gasteiger partial charge in [-0.15, -0.1) is 0 Å². The molecule has 2 amide bonds. The van der Waals surface area contributed by atoms with Gasteiger partial charge in [-0.2, -0.15) is 0 Å². The van der Waals surface area contributed by atoms with Crippen molar-refractivity contribution in [3.05, 3.63) is 63.1 Å². The summed E-state index contributed by atoms with van der Waals surface area (Å²) < 4.78 is 0. The molecule has 0 saturated carbocycles. The van der Waals surface area contributed by atoms with Crippen molar-refractivity contribution < 1.29 is 19.5 Å². The maximum atomic E-state index is 12.6. The molecule has 0 aliphatic heterocycles. The van der Waals surface area contributed by atoms with Crippen LogP contribution in [0.5, 0.6) is 0 Å². The highest BCUT2D eigenvalue weighted by Crippen LogP contribution is 2.19. The summed E-state index contributed by atoms with van der Waals surface area (Å²) in [6, 6.07) is 8.29. The number of aryl methyl sites for hydroxylation is 2. The van der Waals surface area contributed by atoms with Gasteiger partial charge in [0.25, 0.3) is 11.5 Å². The number of hydrogen-bond acceptors (Lipinski definition) is 4. The monoisotopic (exact) mass is 397 g/mol. The number of aromatic nitrogens is 1. The van der Waals surface area contributed by atoms with E-state index in [9.17, 15) is 19.2 Å². The number of amides is 2. The van der Waals surface area contributed by atoms with Crippen LogP contribution >= 0.6 is 0 Å². The van der Waals surface area contributed by atoms with Gasteiger partial charge in [-0.3, -0.25) is 19.2 Å². The Kier molecular flexibility index (Phi) is 6.43. The SMILES string of the molecule is O=C(O)CNC(=O)Cc1ccc(NC(=O)c2cc3c([nH]c2=O)CCCCC3)cc1. The lowest BCUT2D eigenvalue weighted by atomic mass is 10.1. The first-order chi connectivity index (χ1) is 13.9. The van der Waals surface area contributed by atoms with Gasteiger partial charge >= 0.3 is 5.97 Å². The predicted molar refractivity (Wildman–Crippen MR) is 107 cm³/mol. The molecule has 8 heteroatoms. The average molecular weight is 397 g/mol. The van der Waals surface area contributed by atoms with E-state index >= 15 is 0 Å². The van der Waals surface area contributed by atoms with Crippen molar-refractivity contribution in [2.24, 2.45) is 0 Å². The van der Waals surface area contributed by atoms with Crippen LogP contribution in [0.2, 0.25) is 0 Å². The van der Waals surface area contributed by atoms with Crippen LogP contribution in [0.15, 0.2) is 35.1 Å². The van der Waals surface area contributed by atoms with Crippen molar-refractivity contribution in [2.75, 3.05) is 11.9 Å². The number of anilines is 1. The topological polar surface area (TPSA) is 128 Å². The molecule has 0 saturated heterocycles. The van der Waals surface area contributed by atoms with E-state index in [-0.39, 0.29) is 12.0 Å². The Labute approximate surface area is 167 Å². The molecule has 1 heterocycles. The van der Waals surface area contributed by atoms with Crippen molar-refractivity contribution >= 4 is 23.5 Å². The van der Waals surface area contributed by atoms with Crippen LogP contribution in [0, 0.1) is 0 Å². The summed E-state index contributed by atoms with van der Waals surface area (Å²) in [6.07, 6.45) is 4.90. The lowest BCUT2D eigenvalue weighted by Gasteiger charge is -2.10. The van der Waals surface area contributed by atoms with Crippen LogP contribution in [0.3, 0.4) is 0 Å². The molecule has 0 atom stereocenters.